The number of benzene rings is 1. The van der Waals surface area contributed by atoms with Crippen LogP contribution in [0.2, 0.25) is 0 Å². The van der Waals surface area contributed by atoms with Gasteiger partial charge in [0.15, 0.2) is 0 Å². The van der Waals surface area contributed by atoms with Crippen molar-refractivity contribution in [3.05, 3.63) is 35.9 Å². The van der Waals surface area contributed by atoms with Gasteiger partial charge in [0.2, 0.25) is 17.7 Å². The van der Waals surface area contributed by atoms with Gasteiger partial charge in [-0.05, 0) is 31.2 Å². The highest BCUT2D eigenvalue weighted by atomic mass is 19.4. The summed E-state index contributed by atoms with van der Waals surface area (Å²) in [5.74, 6) is -6.80. The first kappa shape index (κ1) is 38.1. The van der Waals surface area contributed by atoms with Gasteiger partial charge in [0.25, 0.3) is 0 Å². The third-order valence-electron chi connectivity index (χ3n) is 6.56. The van der Waals surface area contributed by atoms with Crippen LogP contribution in [-0.2, 0) is 30.4 Å². The van der Waals surface area contributed by atoms with Gasteiger partial charge in [0.05, 0.1) is 18.4 Å². The maximum absolute atomic E-state index is 13.3. The molecule has 1 unspecified atom stereocenters. The van der Waals surface area contributed by atoms with Crippen molar-refractivity contribution >= 4 is 29.7 Å². The highest BCUT2D eigenvalue weighted by Gasteiger charge is 2.39. The SMILES string of the molecule is CCCCC(NC(=O)[C@@H](CC(F)(F)F)NC(=O)[C@H](N)Cc1ccccc1)C(=O)N1CCC(C(=O)O)CC1.O=C(O)C(F)(F)F. The zero-order valence-corrected chi connectivity index (χ0v) is 23.8. The van der Waals surface area contributed by atoms with Crippen LogP contribution in [0, 0.1) is 5.92 Å². The van der Waals surface area contributed by atoms with Crippen molar-refractivity contribution in [2.24, 2.45) is 11.7 Å². The lowest BCUT2D eigenvalue weighted by Gasteiger charge is -2.33. The molecule has 1 aliphatic heterocycles. The van der Waals surface area contributed by atoms with Gasteiger partial charge in [0.1, 0.15) is 12.1 Å². The van der Waals surface area contributed by atoms with Crippen LogP contribution in [0.25, 0.3) is 0 Å². The second kappa shape index (κ2) is 17.4. The van der Waals surface area contributed by atoms with Gasteiger partial charge >= 0.3 is 24.3 Å². The van der Waals surface area contributed by atoms with E-state index in [1.807, 2.05) is 6.92 Å². The fourth-order valence-corrected chi connectivity index (χ4v) is 4.19. The van der Waals surface area contributed by atoms with E-state index in [0.717, 1.165) is 0 Å². The molecule has 1 heterocycles. The number of nitrogens with one attached hydrogen (secondary N) is 2. The standard InChI is InChI=1S/C25H35F3N4O5.C2HF3O2/c1-2-3-9-19(23(35)32-12-10-17(11-13-32)24(36)37)30-22(34)20(15-25(26,27)28)31-21(33)18(29)14-16-7-5-4-6-8-16;3-2(4,5)1(6)7/h4-8,17-20H,2-3,9-15,29H2,1H3,(H,30,34)(H,31,33)(H,36,37);(H,6,7)/t18-,19?,20-;/m1./s1. The molecule has 1 aliphatic rings. The summed E-state index contributed by atoms with van der Waals surface area (Å²) in [4.78, 5) is 60.1. The molecule has 0 bridgehead atoms. The third kappa shape index (κ3) is 14.1. The fourth-order valence-electron chi connectivity index (χ4n) is 4.19. The van der Waals surface area contributed by atoms with E-state index in [-0.39, 0.29) is 38.8 Å². The molecule has 1 fully saturated rings. The Labute approximate surface area is 249 Å². The summed E-state index contributed by atoms with van der Waals surface area (Å²) in [5.41, 5.74) is 6.59. The predicted molar refractivity (Wildman–Crippen MR) is 143 cm³/mol. The molecule has 44 heavy (non-hydrogen) atoms. The van der Waals surface area contributed by atoms with E-state index in [2.05, 4.69) is 10.6 Å². The smallest absolute Gasteiger partial charge is 0.481 e. The number of alkyl halides is 6. The number of aliphatic carboxylic acids is 2. The van der Waals surface area contributed by atoms with Crippen molar-refractivity contribution in [1.29, 1.82) is 0 Å². The highest BCUT2D eigenvalue weighted by molar-refractivity contribution is 5.93. The van der Waals surface area contributed by atoms with Crippen LogP contribution in [0.3, 0.4) is 0 Å². The molecular formula is C27H36F6N4O7. The largest absolute Gasteiger partial charge is 0.490 e. The quantitative estimate of drug-likeness (QED) is 0.216. The van der Waals surface area contributed by atoms with Crippen LogP contribution in [0.4, 0.5) is 26.3 Å². The number of amides is 3. The number of likely N-dealkylation sites (tertiary alicyclic amines) is 1. The molecule has 0 spiro atoms. The number of piperidine rings is 1. The van der Waals surface area contributed by atoms with Crippen LogP contribution in [0.1, 0.15) is 51.0 Å². The topological polar surface area (TPSA) is 179 Å². The molecule has 1 saturated heterocycles. The molecule has 6 N–H and O–H groups in total. The Bertz CT molecular complexity index is 1110. The average Bonchev–Trinajstić information content (AvgIpc) is 2.94. The van der Waals surface area contributed by atoms with Gasteiger partial charge in [-0.15, -0.1) is 0 Å². The average molecular weight is 643 g/mol. The molecule has 248 valence electrons. The summed E-state index contributed by atoms with van der Waals surface area (Å²) in [6.07, 6.45) is -9.50. The lowest BCUT2D eigenvalue weighted by Crippen LogP contribution is -2.57. The maximum atomic E-state index is 13.3. The van der Waals surface area contributed by atoms with Gasteiger partial charge < -0.3 is 31.5 Å². The Morgan fingerprint density at radius 2 is 1.45 bits per heavy atom. The van der Waals surface area contributed by atoms with Crippen molar-refractivity contribution in [3.63, 3.8) is 0 Å². The van der Waals surface area contributed by atoms with Crippen LogP contribution in [0.15, 0.2) is 30.3 Å². The van der Waals surface area contributed by atoms with Gasteiger partial charge in [-0.3, -0.25) is 19.2 Å². The van der Waals surface area contributed by atoms with E-state index >= 15 is 0 Å². The number of hydrogen-bond donors (Lipinski definition) is 5. The van der Waals surface area contributed by atoms with Gasteiger partial charge in [-0.2, -0.15) is 26.3 Å². The predicted octanol–water partition coefficient (Wildman–Crippen LogP) is 2.63. The second-order valence-electron chi connectivity index (χ2n) is 10.1. The number of nitrogens with two attached hydrogens (primary N) is 1. The molecule has 0 saturated carbocycles. The van der Waals surface area contributed by atoms with Crippen LogP contribution in [-0.4, -0.2) is 88.3 Å². The molecule has 17 heteroatoms. The summed E-state index contributed by atoms with van der Waals surface area (Å²) in [7, 11) is 0. The molecule has 3 amide bonds. The Morgan fingerprint density at radius 1 is 0.932 bits per heavy atom. The summed E-state index contributed by atoms with van der Waals surface area (Å²) >= 11 is 0. The highest BCUT2D eigenvalue weighted by Crippen LogP contribution is 2.23. The monoisotopic (exact) mass is 642 g/mol. The zero-order chi connectivity index (χ0) is 33.7. The number of carboxylic acid groups (broad SMARTS) is 2. The van der Waals surface area contributed by atoms with Crippen LogP contribution in [0.5, 0.6) is 0 Å². The van der Waals surface area contributed by atoms with Gasteiger partial charge in [-0.1, -0.05) is 50.1 Å². The molecular weight excluding hydrogens is 606 g/mol. The minimum absolute atomic E-state index is 0.0664. The summed E-state index contributed by atoms with van der Waals surface area (Å²) in [5, 5.41) is 20.8. The summed E-state index contributed by atoms with van der Waals surface area (Å²) < 4.78 is 71.5. The van der Waals surface area contributed by atoms with Crippen molar-refractivity contribution < 1.29 is 60.5 Å². The number of carbonyl (C=O) groups is 5. The minimum atomic E-state index is -5.08. The number of carbonyl (C=O) groups excluding carboxylic acids is 3. The first-order valence-corrected chi connectivity index (χ1v) is 13.6. The molecule has 3 atom stereocenters. The van der Waals surface area contributed by atoms with E-state index in [1.54, 1.807) is 30.3 Å². The number of unbranched alkanes of at least 4 members (excludes halogenated alkanes) is 1. The first-order valence-electron chi connectivity index (χ1n) is 13.6. The molecule has 2 rings (SSSR count). The molecule has 0 aromatic heterocycles. The second-order valence-corrected chi connectivity index (χ2v) is 10.1. The van der Waals surface area contributed by atoms with Crippen molar-refractivity contribution in [3.8, 4) is 0 Å². The van der Waals surface area contributed by atoms with E-state index in [0.29, 0.717) is 18.4 Å². The van der Waals surface area contributed by atoms with Gasteiger partial charge in [-0.25, -0.2) is 4.79 Å². The van der Waals surface area contributed by atoms with Crippen molar-refractivity contribution in [2.75, 3.05) is 13.1 Å². The molecule has 1 aromatic carbocycles. The third-order valence-corrected chi connectivity index (χ3v) is 6.56. The molecule has 0 aliphatic carbocycles. The number of rotatable bonds is 12. The van der Waals surface area contributed by atoms with Crippen LogP contribution < -0.4 is 16.4 Å². The fraction of sp³-hybridized carbons (Fsp3) is 0.593. The number of nitrogens with zero attached hydrogens (tertiary/aromatic N) is 1. The summed E-state index contributed by atoms with van der Waals surface area (Å²) in [6.45, 7) is 2.21. The zero-order valence-electron chi connectivity index (χ0n) is 23.8. The maximum Gasteiger partial charge on any atom is 0.490 e. The minimum Gasteiger partial charge on any atom is -0.481 e. The number of halogens is 6. The van der Waals surface area contributed by atoms with E-state index in [9.17, 15) is 45.5 Å². The van der Waals surface area contributed by atoms with Crippen LogP contribution >= 0.6 is 0 Å². The lowest BCUT2D eigenvalue weighted by molar-refractivity contribution is -0.192. The Hall–Kier alpha value is -3.89. The molecule has 11 nitrogen and oxygen atoms in total. The Kier molecular flexibility index (Phi) is 15.1. The van der Waals surface area contributed by atoms with E-state index < -0.39 is 72.5 Å². The number of carboxylic acids is 2. The van der Waals surface area contributed by atoms with E-state index in [4.69, 9.17) is 20.7 Å². The van der Waals surface area contributed by atoms with Crippen molar-refractivity contribution in [1.82, 2.24) is 15.5 Å². The molecule has 0 radical (unpaired) electrons. The van der Waals surface area contributed by atoms with E-state index in [1.165, 1.54) is 4.90 Å². The Morgan fingerprint density at radius 3 is 1.91 bits per heavy atom. The van der Waals surface area contributed by atoms with Gasteiger partial charge in [0, 0.05) is 13.1 Å². The lowest BCUT2D eigenvalue weighted by atomic mass is 9.96. The first-order chi connectivity index (χ1) is 20.4. The van der Waals surface area contributed by atoms with Crippen molar-refractivity contribution in [2.45, 2.75) is 82.3 Å². The summed E-state index contributed by atoms with van der Waals surface area (Å²) in [6, 6.07) is 4.42. The normalized spacial score (nSPS) is 16.0. The molecule has 1 aromatic rings. The Balaban J connectivity index is 0.00000123. The number of hydrogen-bond acceptors (Lipinski definition) is 6.